The van der Waals surface area contributed by atoms with Crippen molar-refractivity contribution in [2.75, 3.05) is 23.4 Å². The predicted molar refractivity (Wildman–Crippen MR) is 73.4 cm³/mol. The average Bonchev–Trinajstić information content (AvgIpc) is 2.33. The number of rotatable bonds is 3. The van der Waals surface area contributed by atoms with Crippen molar-refractivity contribution in [3.63, 3.8) is 0 Å². The van der Waals surface area contributed by atoms with Crippen molar-refractivity contribution in [3.05, 3.63) is 29.3 Å². The maximum Gasteiger partial charge on any atom is 0.0637 e. The van der Waals surface area contributed by atoms with Crippen molar-refractivity contribution in [1.82, 2.24) is 0 Å². The van der Waals surface area contributed by atoms with Gasteiger partial charge in [0.15, 0.2) is 0 Å². The van der Waals surface area contributed by atoms with Gasteiger partial charge in [-0.1, -0.05) is 23.7 Å². The summed E-state index contributed by atoms with van der Waals surface area (Å²) in [7, 11) is 0. The van der Waals surface area contributed by atoms with E-state index < -0.39 is 0 Å². The number of hydrogen-bond donors (Lipinski definition) is 2. The normalized spacial score (nSPS) is 19.4. The molecule has 1 saturated heterocycles. The van der Waals surface area contributed by atoms with Crippen LogP contribution in [0.5, 0.6) is 0 Å². The van der Waals surface area contributed by atoms with Gasteiger partial charge in [0.25, 0.3) is 0 Å². The topological polar surface area (TPSA) is 38.0 Å². The van der Waals surface area contributed by atoms with E-state index in [9.17, 15) is 0 Å². The molecule has 0 spiro atoms. The van der Waals surface area contributed by atoms with Crippen molar-refractivity contribution >= 4 is 29.1 Å². The van der Waals surface area contributed by atoms with Crippen LogP contribution in [-0.4, -0.2) is 23.6 Å². The van der Waals surface area contributed by atoms with E-state index in [1.807, 2.05) is 36.0 Å². The smallest absolute Gasteiger partial charge is 0.0637 e. The fourth-order valence-corrected chi connectivity index (χ4v) is 3.45. The monoisotopic (exact) mass is 256 g/mol. The van der Waals surface area contributed by atoms with Gasteiger partial charge in [0, 0.05) is 6.54 Å². The number of nitrogens with two attached hydrogens (primary N) is 1. The summed E-state index contributed by atoms with van der Waals surface area (Å²) in [6.45, 7) is 0.665. The minimum atomic E-state index is 0.0379. The minimum Gasteiger partial charge on any atom is -0.377 e. The molecule has 3 N–H and O–H groups in total. The molecule has 0 aromatic heterocycles. The van der Waals surface area contributed by atoms with E-state index in [4.69, 9.17) is 17.3 Å². The Labute approximate surface area is 106 Å². The fraction of sp³-hybridized carbons (Fsp3) is 0.500. The summed E-state index contributed by atoms with van der Waals surface area (Å²) in [5.74, 6) is 2.35. The average molecular weight is 257 g/mol. The third-order valence-electron chi connectivity index (χ3n) is 3.11. The third-order valence-corrected chi connectivity index (χ3v) is 4.43. The molecule has 0 unspecified atom stereocenters. The molecule has 1 fully saturated rings. The molecule has 0 saturated carbocycles. The summed E-state index contributed by atoms with van der Waals surface area (Å²) in [6.07, 6.45) is 2.22. The molecule has 2 nitrogen and oxygen atoms in total. The van der Waals surface area contributed by atoms with Gasteiger partial charge in [-0.2, -0.15) is 11.8 Å². The van der Waals surface area contributed by atoms with Crippen LogP contribution >= 0.6 is 23.4 Å². The number of para-hydroxylation sites is 1. The number of thioether (sulfide) groups is 1. The van der Waals surface area contributed by atoms with Crippen LogP contribution in [0.15, 0.2) is 24.3 Å². The summed E-state index contributed by atoms with van der Waals surface area (Å²) < 4.78 is 0. The molecule has 1 aromatic rings. The first-order valence-electron chi connectivity index (χ1n) is 5.56. The van der Waals surface area contributed by atoms with Gasteiger partial charge in [-0.05, 0) is 36.5 Å². The Morgan fingerprint density at radius 1 is 1.31 bits per heavy atom. The van der Waals surface area contributed by atoms with Crippen LogP contribution in [0.25, 0.3) is 0 Å². The van der Waals surface area contributed by atoms with Gasteiger partial charge in [0.05, 0.1) is 16.2 Å². The summed E-state index contributed by atoms with van der Waals surface area (Å²) >= 11 is 8.15. The van der Waals surface area contributed by atoms with Crippen LogP contribution in [-0.2, 0) is 0 Å². The Hall–Kier alpha value is -0.380. The zero-order valence-electron chi connectivity index (χ0n) is 9.21. The van der Waals surface area contributed by atoms with E-state index >= 15 is 0 Å². The zero-order valence-corrected chi connectivity index (χ0v) is 10.8. The summed E-state index contributed by atoms with van der Waals surface area (Å²) in [5.41, 5.74) is 6.96. The second-order valence-corrected chi connectivity index (χ2v) is 5.83. The lowest BCUT2D eigenvalue weighted by molar-refractivity contribution is 0.443. The van der Waals surface area contributed by atoms with Gasteiger partial charge in [-0.25, -0.2) is 0 Å². The summed E-state index contributed by atoms with van der Waals surface area (Å²) in [5, 5.41) is 4.31. The third kappa shape index (κ3) is 2.65. The number of hydrogen-bond acceptors (Lipinski definition) is 3. The van der Waals surface area contributed by atoms with Crippen LogP contribution < -0.4 is 11.1 Å². The van der Waals surface area contributed by atoms with Crippen molar-refractivity contribution < 1.29 is 0 Å². The lowest BCUT2D eigenvalue weighted by Crippen LogP contribution is -2.48. The highest BCUT2D eigenvalue weighted by Gasteiger charge is 2.30. The van der Waals surface area contributed by atoms with E-state index in [1.54, 1.807) is 0 Å². The van der Waals surface area contributed by atoms with Crippen LogP contribution in [0.2, 0.25) is 5.02 Å². The van der Waals surface area contributed by atoms with Crippen molar-refractivity contribution in [3.8, 4) is 0 Å². The van der Waals surface area contributed by atoms with E-state index in [0.717, 1.165) is 23.6 Å². The van der Waals surface area contributed by atoms with Crippen molar-refractivity contribution in [2.24, 2.45) is 5.73 Å². The highest BCUT2D eigenvalue weighted by atomic mass is 35.5. The quantitative estimate of drug-likeness (QED) is 0.873. The molecule has 4 heteroatoms. The number of benzene rings is 1. The Bertz CT molecular complexity index is 351. The van der Waals surface area contributed by atoms with Gasteiger partial charge >= 0.3 is 0 Å². The summed E-state index contributed by atoms with van der Waals surface area (Å²) in [6, 6.07) is 7.86. The SMILES string of the molecule is NCC1(Nc2ccccc2Cl)CCSCC1. The molecule has 1 aliphatic rings. The molecule has 16 heavy (non-hydrogen) atoms. The van der Waals surface area contributed by atoms with Crippen molar-refractivity contribution in [1.29, 1.82) is 0 Å². The first-order chi connectivity index (χ1) is 7.76. The van der Waals surface area contributed by atoms with Crippen molar-refractivity contribution in [2.45, 2.75) is 18.4 Å². The van der Waals surface area contributed by atoms with Crippen LogP contribution in [0, 0.1) is 0 Å². The molecule has 0 atom stereocenters. The predicted octanol–water partition coefficient (Wildman–Crippen LogP) is 2.98. The lowest BCUT2D eigenvalue weighted by atomic mass is 9.92. The fourth-order valence-electron chi connectivity index (χ4n) is 1.99. The number of halogens is 1. The largest absolute Gasteiger partial charge is 0.377 e. The Morgan fingerprint density at radius 2 is 2.00 bits per heavy atom. The summed E-state index contributed by atoms with van der Waals surface area (Å²) in [4.78, 5) is 0. The molecule has 2 rings (SSSR count). The maximum absolute atomic E-state index is 6.15. The lowest BCUT2D eigenvalue weighted by Gasteiger charge is -2.38. The standard InChI is InChI=1S/C12H17ClN2S/c13-10-3-1-2-4-11(10)15-12(9-14)5-7-16-8-6-12/h1-4,15H,5-9,14H2. The number of nitrogens with one attached hydrogen (secondary N) is 1. The second-order valence-electron chi connectivity index (χ2n) is 4.20. The molecule has 0 amide bonds. The molecule has 0 bridgehead atoms. The second kappa shape index (κ2) is 5.30. The first kappa shape index (κ1) is 12.1. The molecule has 88 valence electrons. The first-order valence-corrected chi connectivity index (χ1v) is 7.10. The maximum atomic E-state index is 6.15. The molecule has 0 radical (unpaired) electrons. The number of anilines is 1. The van der Waals surface area contributed by atoms with E-state index in [-0.39, 0.29) is 5.54 Å². The Kier molecular flexibility index (Phi) is 4.00. The molecule has 0 aliphatic carbocycles. The van der Waals surface area contributed by atoms with Crippen LogP contribution in [0.3, 0.4) is 0 Å². The molecular weight excluding hydrogens is 240 g/mol. The zero-order chi connectivity index (χ0) is 11.4. The van der Waals surface area contributed by atoms with Gasteiger partial charge < -0.3 is 11.1 Å². The van der Waals surface area contributed by atoms with E-state index in [1.165, 1.54) is 11.5 Å². The van der Waals surface area contributed by atoms with Crippen LogP contribution in [0.1, 0.15) is 12.8 Å². The van der Waals surface area contributed by atoms with Gasteiger partial charge in [0.1, 0.15) is 0 Å². The van der Waals surface area contributed by atoms with Crippen LogP contribution in [0.4, 0.5) is 5.69 Å². The molecule has 1 heterocycles. The minimum absolute atomic E-state index is 0.0379. The molecular formula is C12H17ClN2S. The highest BCUT2D eigenvalue weighted by molar-refractivity contribution is 7.99. The van der Waals surface area contributed by atoms with Gasteiger partial charge in [-0.15, -0.1) is 0 Å². The van der Waals surface area contributed by atoms with E-state index in [0.29, 0.717) is 6.54 Å². The Morgan fingerprint density at radius 3 is 2.62 bits per heavy atom. The van der Waals surface area contributed by atoms with E-state index in [2.05, 4.69) is 5.32 Å². The highest BCUT2D eigenvalue weighted by Crippen LogP contribution is 2.32. The van der Waals surface area contributed by atoms with Gasteiger partial charge in [0.2, 0.25) is 0 Å². The molecule has 1 aliphatic heterocycles. The Balaban J connectivity index is 2.15. The molecule has 1 aromatic carbocycles. The van der Waals surface area contributed by atoms with Gasteiger partial charge in [-0.3, -0.25) is 0 Å².